The number of aromatic nitrogens is 1. The van der Waals surface area contributed by atoms with Gasteiger partial charge in [-0.1, -0.05) is 22.9 Å². The van der Waals surface area contributed by atoms with Crippen LogP contribution in [0.5, 0.6) is 0 Å². The lowest BCUT2D eigenvalue weighted by Crippen LogP contribution is -2.51. The fraction of sp³-hybridized carbons (Fsp3) is 0.524. The van der Waals surface area contributed by atoms with E-state index in [1.807, 2.05) is 13.0 Å². The fourth-order valence-electron chi connectivity index (χ4n) is 4.72. The number of carbonyl (C=O) groups is 2. The van der Waals surface area contributed by atoms with Crippen molar-refractivity contribution in [3.8, 4) is 0 Å². The Balaban J connectivity index is 1.62. The van der Waals surface area contributed by atoms with Crippen molar-refractivity contribution in [1.82, 2.24) is 15.2 Å². The van der Waals surface area contributed by atoms with Crippen molar-refractivity contribution in [3.05, 3.63) is 33.9 Å². The Morgan fingerprint density at radius 3 is 2.93 bits per heavy atom. The molecular formula is C21H26BrN3O3. The highest BCUT2D eigenvalue weighted by molar-refractivity contribution is 9.10. The summed E-state index contributed by atoms with van der Waals surface area (Å²) >= 11 is 3.57. The third-order valence-corrected chi connectivity index (χ3v) is 6.54. The highest BCUT2D eigenvalue weighted by atomic mass is 79.9. The maximum absolute atomic E-state index is 12.5. The van der Waals surface area contributed by atoms with Crippen LogP contribution in [0.3, 0.4) is 0 Å². The molecule has 4 rings (SSSR count). The number of fused-ring (bicyclic) bond motifs is 3. The molecule has 6 nitrogen and oxygen atoms in total. The van der Waals surface area contributed by atoms with E-state index in [-0.39, 0.29) is 24.0 Å². The molecule has 0 bridgehead atoms. The van der Waals surface area contributed by atoms with Crippen molar-refractivity contribution >= 4 is 38.7 Å². The molecule has 1 aromatic heterocycles. The standard InChI is InChI=1S/C21H26BrN3O3/c1-3-18(26)25-10-9-17(20(25)21(27)28-2)23-16-6-4-5-13-14-11-12(22)7-8-15(14)24-19(13)16/h7-8,11,16-17,20,23-24H,3-6,9-10H2,1-2H3/t16?,17?,20-/m0/s1. The SMILES string of the molecule is CCC(=O)N1CCC(NC2CCCc3c2[nH]c2ccc(Br)cc32)[C@H]1C(=O)OC. The number of esters is 1. The van der Waals surface area contributed by atoms with Gasteiger partial charge < -0.3 is 19.9 Å². The maximum atomic E-state index is 12.5. The Morgan fingerprint density at radius 2 is 2.18 bits per heavy atom. The van der Waals surface area contributed by atoms with Crippen molar-refractivity contribution in [2.24, 2.45) is 0 Å². The van der Waals surface area contributed by atoms with E-state index >= 15 is 0 Å². The van der Waals surface area contributed by atoms with E-state index in [4.69, 9.17) is 4.74 Å². The highest BCUT2D eigenvalue weighted by Gasteiger charge is 2.43. The molecule has 1 saturated heterocycles. The number of ether oxygens (including phenoxy) is 1. The largest absolute Gasteiger partial charge is 0.467 e. The first-order valence-corrected chi connectivity index (χ1v) is 10.8. The minimum absolute atomic E-state index is 0.000467. The Morgan fingerprint density at radius 1 is 1.36 bits per heavy atom. The van der Waals surface area contributed by atoms with E-state index in [1.54, 1.807) is 4.90 Å². The molecule has 2 unspecified atom stereocenters. The van der Waals surface area contributed by atoms with Gasteiger partial charge in [-0.25, -0.2) is 4.79 Å². The molecule has 7 heteroatoms. The van der Waals surface area contributed by atoms with E-state index in [0.717, 1.165) is 35.7 Å². The number of halogens is 1. The van der Waals surface area contributed by atoms with Crippen molar-refractivity contribution < 1.29 is 14.3 Å². The number of hydrogen-bond donors (Lipinski definition) is 2. The summed E-state index contributed by atoms with van der Waals surface area (Å²) in [5.74, 6) is -0.340. The van der Waals surface area contributed by atoms with Crippen LogP contribution in [0.4, 0.5) is 0 Å². The predicted octanol–water partition coefficient (Wildman–Crippen LogP) is 3.45. The summed E-state index contributed by atoms with van der Waals surface area (Å²) in [7, 11) is 1.39. The Hall–Kier alpha value is -1.86. The molecule has 1 amide bonds. The van der Waals surface area contributed by atoms with Gasteiger partial charge >= 0.3 is 5.97 Å². The van der Waals surface area contributed by atoms with Crippen molar-refractivity contribution in [2.45, 2.75) is 57.2 Å². The molecule has 2 aliphatic rings. The molecule has 1 fully saturated rings. The molecule has 2 aromatic rings. The molecule has 3 atom stereocenters. The molecule has 0 saturated carbocycles. The molecule has 28 heavy (non-hydrogen) atoms. The summed E-state index contributed by atoms with van der Waals surface area (Å²) < 4.78 is 6.10. The lowest BCUT2D eigenvalue weighted by atomic mass is 9.90. The van der Waals surface area contributed by atoms with Gasteiger partial charge in [0.25, 0.3) is 0 Å². The van der Waals surface area contributed by atoms with Gasteiger partial charge in [0.05, 0.1) is 7.11 Å². The van der Waals surface area contributed by atoms with Gasteiger partial charge in [0.1, 0.15) is 6.04 Å². The molecule has 2 heterocycles. The normalized spacial score (nSPS) is 24.4. The Kier molecular flexibility index (Phi) is 5.47. The van der Waals surface area contributed by atoms with Crippen LogP contribution >= 0.6 is 15.9 Å². The van der Waals surface area contributed by atoms with Crippen LogP contribution < -0.4 is 5.32 Å². The first-order chi connectivity index (χ1) is 13.5. The fourth-order valence-corrected chi connectivity index (χ4v) is 5.08. The van der Waals surface area contributed by atoms with Gasteiger partial charge in [0.2, 0.25) is 5.91 Å². The Bertz CT molecular complexity index is 910. The van der Waals surface area contributed by atoms with E-state index in [1.165, 1.54) is 23.8 Å². The molecule has 0 spiro atoms. The molecule has 2 N–H and O–H groups in total. The van der Waals surface area contributed by atoms with Crippen LogP contribution in [0.15, 0.2) is 22.7 Å². The number of aryl methyl sites for hydroxylation is 1. The predicted molar refractivity (Wildman–Crippen MR) is 111 cm³/mol. The van der Waals surface area contributed by atoms with E-state index in [0.29, 0.717) is 13.0 Å². The first kappa shape index (κ1) is 19.5. The van der Waals surface area contributed by atoms with Gasteiger partial charge in [-0.05, 0) is 49.4 Å². The zero-order valence-electron chi connectivity index (χ0n) is 16.3. The van der Waals surface area contributed by atoms with Crippen LogP contribution in [0.1, 0.15) is 49.9 Å². The van der Waals surface area contributed by atoms with Crippen LogP contribution in [0.2, 0.25) is 0 Å². The number of nitrogens with one attached hydrogen (secondary N) is 2. The summed E-state index contributed by atoms with van der Waals surface area (Å²) in [5.41, 5.74) is 3.71. The number of nitrogens with zero attached hydrogens (tertiary/aromatic N) is 1. The van der Waals surface area contributed by atoms with Crippen LogP contribution in [0, 0.1) is 0 Å². The number of rotatable bonds is 4. The summed E-state index contributed by atoms with van der Waals surface area (Å²) in [6.07, 6.45) is 4.30. The van der Waals surface area contributed by atoms with Gasteiger partial charge in [0, 0.05) is 46.1 Å². The molecule has 1 aliphatic carbocycles. The molecule has 0 radical (unpaired) electrons. The topological polar surface area (TPSA) is 74.4 Å². The van der Waals surface area contributed by atoms with Gasteiger partial charge in [-0.2, -0.15) is 0 Å². The van der Waals surface area contributed by atoms with Crippen molar-refractivity contribution in [1.29, 1.82) is 0 Å². The van der Waals surface area contributed by atoms with E-state index in [2.05, 4.69) is 38.4 Å². The number of methoxy groups -OCH3 is 1. The molecule has 1 aromatic carbocycles. The summed E-state index contributed by atoms with van der Waals surface area (Å²) in [5, 5.41) is 4.95. The van der Waals surface area contributed by atoms with Gasteiger partial charge in [-0.3, -0.25) is 4.79 Å². The molecule has 150 valence electrons. The summed E-state index contributed by atoms with van der Waals surface area (Å²) in [4.78, 5) is 30.0. The average Bonchev–Trinajstić information content (AvgIpc) is 3.29. The number of benzene rings is 1. The van der Waals surface area contributed by atoms with Crippen LogP contribution in [0.25, 0.3) is 10.9 Å². The first-order valence-electron chi connectivity index (χ1n) is 9.96. The van der Waals surface area contributed by atoms with Gasteiger partial charge in [-0.15, -0.1) is 0 Å². The second kappa shape index (κ2) is 7.87. The summed E-state index contributed by atoms with van der Waals surface area (Å²) in [6.45, 7) is 2.41. The third kappa shape index (κ3) is 3.35. The second-order valence-electron chi connectivity index (χ2n) is 7.62. The maximum Gasteiger partial charge on any atom is 0.330 e. The molecule has 1 aliphatic heterocycles. The highest BCUT2D eigenvalue weighted by Crippen LogP contribution is 2.37. The van der Waals surface area contributed by atoms with Gasteiger partial charge in [0.15, 0.2) is 0 Å². The third-order valence-electron chi connectivity index (χ3n) is 6.05. The quantitative estimate of drug-likeness (QED) is 0.703. The van der Waals surface area contributed by atoms with Crippen LogP contribution in [-0.2, 0) is 20.7 Å². The van der Waals surface area contributed by atoms with E-state index in [9.17, 15) is 9.59 Å². The minimum atomic E-state index is -0.554. The Labute approximate surface area is 173 Å². The number of amides is 1. The lowest BCUT2D eigenvalue weighted by molar-refractivity contribution is -0.151. The second-order valence-corrected chi connectivity index (χ2v) is 8.54. The smallest absolute Gasteiger partial charge is 0.330 e. The van der Waals surface area contributed by atoms with Crippen molar-refractivity contribution in [3.63, 3.8) is 0 Å². The number of H-pyrrole nitrogens is 1. The number of carbonyl (C=O) groups excluding carboxylic acids is 2. The zero-order chi connectivity index (χ0) is 19.8. The zero-order valence-corrected chi connectivity index (χ0v) is 17.8. The number of likely N-dealkylation sites (tertiary alicyclic amines) is 1. The monoisotopic (exact) mass is 447 g/mol. The molecular weight excluding hydrogens is 422 g/mol. The summed E-state index contributed by atoms with van der Waals surface area (Å²) in [6, 6.07) is 5.80. The minimum Gasteiger partial charge on any atom is -0.467 e. The van der Waals surface area contributed by atoms with E-state index < -0.39 is 6.04 Å². The average molecular weight is 448 g/mol. The number of aromatic amines is 1. The number of hydrogen-bond acceptors (Lipinski definition) is 4. The van der Waals surface area contributed by atoms with Crippen LogP contribution in [-0.4, -0.2) is 47.5 Å². The lowest BCUT2D eigenvalue weighted by Gasteiger charge is -2.31. The van der Waals surface area contributed by atoms with Crippen molar-refractivity contribution in [2.75, 3.05) is 13.7 Å².